The van der Waals surface area contributed by atoms with Gasteiger partial charge in [0.1, 0.15) is 11.5 Å². The minimum atomic E-state index is 0.826. The summed E-state index contributed by atoms with van der Waals surface area (Å²) in [4.78, 5) is 9.53. The van der Waals surface area contributed by atoms with Crippen LogP contribution in [0.3, 0.4) is 0 Å². The SMILES string of the molecule is CCCN=C(NCCc1ccco1)N1CCN(c2cccc(OC)c2)CC1. The van der Waals surface area contributed by atoms with E-state index in [0.29, 0.717) is 0 Å². The van der Waals surface area contributed by atoms with Crippen molar-refractivity contribution in [3.63, 3.8) is 0 Å². The lowest BCUT2D eigenvalue weighted by atomic mass is 10.2. The molecule has 27 heavy (non-hydrogen) atoms. The van der Waals surface area contributed by atoms with E-state index >= 15 is 0 Å². The molecule has 1 aromatic heterocycles. The van der Waals surface area contributed by atoms with Gasteiger partial charge in [-0.15, -0.1) is 0 Å². The molecule has 0 amide bonds. The van der Waals surface area contributed by atoms with Crippen LogP contribution >= 0.6 is 0 Å². The van der Waals surface area contributed by atoms with Gasteiger partial charge in [0.05, 0.1) is 13.4 Å². The summed E-state index contributed by atoms with van der Waals surface area (Å²) in [6.45, 7) is 7.67. The van der Waals surface area contributed by atoms with Crippen molar-refractivity contribution in [3.05, 3.63) is 48.4 Å². The molecule has 1 aromatic carbocycles. The van der Waals surface area contributed by atoms with Gasteiger partial charge in [0.25, 0.3) is 0 Å². The molecule has 146 valence electrons. The molecule has 1 aliphatic rings. The second-order valence-electron chi connectivity index (χ2n) is 6.64. The number of rotatable bonds is 7. The first-order valence-electron chi connectivity index (χ1n) is 9.75. The van der Waals surface area contributed by atoms with E-state index in [9.17, 15) is 0 Å². The van der Waals surface area contributed by atoms with Gasteiger partial charge in [-0.05, 0) is 30.7 Å². The monoisotopic (exact) mass is 370 g/mol. The number of piperazine rings is 1. The first kappa shape index (κ1) is 19.1. The Morgan fingerprint density at radius 1 is 1.19 bits per heavy atom. The average Bonchev–Trinajstić information content (AvgIpc) is 3.24. The Morgan fingerprint density at radius 2 is 2.04 bits per heavy atom. The molecule has 0 spiro atoms. The van der Waals surface area contributed by atoms with Crippen LogP contribution in [0.15, 0.2) is 52.1 Å². The zero-order chi connectivity index (χ0) is 18.9. The van der Waals surface area contributed by atoms with Crippen LogP contribution in [0, 0.1) is 0 Å². The van der Waals surface area contributed by atoms with Crippen LogP contribution in [0.4, 0.5) is 5.69 Å². The van der Waals surface area contributed by atoms with Gasteiger partial charge in [0.15, 0.2) is 5.96 Å². The van der Waals surface area contributed by atoms with Crippen LogP contribution in [0.1, 0.15) is 19.1 Å². The van der Waals surface area contributed by atoms with Crippen molar-refractivity contribution in [1.29, 1.82) is 0 Å². The molecular formula is C21H30N4O2. The summed E-state index contributed by atoms with van der Waals surface area (Å²) in [6, 6.07) is 12.2. The highest BCUT2D eigenvalue weighted by atomic mass is 16.5. The van der Waals surface area contributed by atoms with Crippen molar-refractivity contribution in [2.75, 3.05) is 51.3 Å². The number of guanidine groups is 1. The topological polar surface area (TPSA) is 53.2 Å². The number of furan rings is 1. The first-order valence-corrected chi connectivity index (χ1v) is 9.75. The van der Waals surface area contributed by atoms with E-state index in [4.69, 9.17) is 14.1 Å². The fraction of sp³-hybridized carbons (Fsp3) is 0.476. The highest BCUT2D eigenvalue weighted by Gasteiger charge is 2.20. The van der Waals surface area contributed by atoms with Gasteiger partial charge in [0.2, 0.25) is 0 Å². The standard InChI is InChI=1S/C21H30N4O2/c1-3-10-22-21(23-11-9-19-8-5-16-27-19)25-14-12-24(13-15-25)18-6-4-7-20(17-18)26-2/h4-8,16-17H,3,9-15H2,1-2H3,(H,22,23). The number of ether oxygens (including phenoxy) is 1. The number of aliphatic imine (C=N–C) groups is 1. The molecule has 0 atom stereocenters. The highest BCUT2D eigenvalue weighted by molar-refractivity contribution is 5.80. The molecule has 1 N–H and O–H groups in total. The average molecular weight is 370 g/mol. The normalized spacial score (nSPS) is 15.1. The number of methoxy groups -OCH3 is 1. The Labute approximate surface area is 161 Å². The van der Waals surface area contributed by atoms with E-state index in [1.165, 1.54) is 5.69 Å². The zero-order valence-electron chi connectivity index (χ0n) is 16.4. The van der Waals surface area contributed by atoms with Gasteiger partial charge in [-0.2, -0.15) is 0 Å². The molecule has 2 aromatic rings. The van der Waals surface area contributed by atoms with E-state index in [-0.39, 0.29) is 0 Å². The van der Waals surface area contributed by atoms with Crippen molar-refractivity contribution in [1.82, 2.24) is 10.2 Å². The molecule has 0 unspecified atom stereocenters. The van der Waals surface area contributed by atoms with Crippen molar-refractivity contribution in [2.45, 2.75) is 19.8 Å². The van der Waals surface area contributed by atoms with Gasteiger partial charge in [0, 0.05) is 57.4 Å². The van der Waals surface area contributed by atoms with Crippen molar-refractivity contribution < 1.29 is 9.15 Å². The molecule has 0 radical (unpaired) electrons. The summed E-state index contributed by atoms with van der Waals surface area (Å²) >= 11 is 0. The molecule has 6 heteroatoms. The number of nitrogens with one attached hydrogen (secondary N) is 1. The molecule has 0 bridgehead atoms. The van der Waals surface area contributed by atoms with Crippen LogP contribution in [0.25, 0.3) is 0 Å². The third-order valence-electron chi connectivity index (χ3n) is 4.72. The predicted octanol–water partition coefficient (Wildman–Crippen LogP) is 3.01. The van der Waals surface area contributed by atoms with Crippen molar-refractivity contribution in [2.24, 2.45) is 4.99 Å². The van der Waals surface area contributed by atoms with Gasteiger partial charge in [-0.1, -0.05) is 13.0 Å². The molecule has 6 nitrogen and oxygen atoms in total. The highest BCUT2D eigenvalue weighted by Crippen LogP contribution is 2.22. The summed E-state index contributed by atoms with van der Waals surface area (Å²) < 4.78 is 10.8. The molecule has 1 aliphatic heterocycles. The third kappa shape index (κ3) is 5.42. The lowest BCUT2D eigenvalue weighted by molar-refractivity contribution is 0.370. The molecule has 2 heterocycles. The lowest BCUT2D eigenvalue weighted by Gasteiger charge is -2.38. The fourth-order valence-electron chi connectivity index (χ4n) is 3.22. The fourth-order valence-corrected chi connectivity index (χ4v) is 3.22. The maximum absolute atomic E-state index is 5.41. The molecule has 1 fully saturated rings. The smallest absolute Gasteiger partial charge is 0.194 e. The summed E-state index contributed by atoms with van der Waals surface area (Å²) in [6.07, 6.45) is 3.63. The van der Waals surface area contributed by atoms with Crippen LogP contribution in [-0.4, -0.2) is 57.2 Å². The predicted molar refractivity (Wildman–Crippen MR) is 110 cm³/mol. The van der Waals surface area contributed by atoms with Gasteiger partial charge in [-0.3, -0.25) is 4.99 Å². The van der Waals surface area contributed by atoms with E-state index in [1.807, 2.05) is 24.3 Å². The van der Waals surface area contributed by atoms with Gasteiger partial charge in [-0.25, -0.2) is 0 Å². The minimum absolute atomic E-state index is 0.826. The minimum Gasteiger partial charge on any atom is -0.497 e. The van der Waals surface area contributed by atoms with Crippen molar-refractivity contribution in [3.8, 4) is 5.75 Å². The summed E-state index contributed by atoms with van der Waals surface area (Å²) in [7, 11) is 1.71. The summed E-state index contributed by atoms with van der Waals surface area (Å²) in [5, 5.41) is 3.51. The van der Waals surface area contributed by atoms with Crippen LogP contribution < -0.4 is 15.0 Å². The quantitative estimate of drug-likeness (QED) is 0.600. The molecule has 1 saturated heterocycles. The van der Waals surface area contributed by atoms with E-state index < -0.39 is 0 Å². The number of hydrogen-bond donors (Lipinski definition) is 1. The largest absolute Gasteiger partial charge is 0.497 e. The Balaban J connectivity index is 1.55. The number of benzene rings is 1. The summed E-state index contributed by atoms with van der Waals surface area (Å²) in [5.74, 6) is 2.91. The number of anilines is 1. The van der Waals surface area contributed by atoms with Crippen molar-refractivity contribution >= 4 is 11.6 Å². The Morgan fingerprint density at radius 3 is 2.74 bits per heavy atom. The zero-order valence-corrected chi connectivity index (χ0v) is 16.4. The molecular weight excluding hydrogens is 340 g/mol. The first-order chi connectivity index (χ1) is 13.3. The Hall–Kier alpha value is -2.63. The summed E-state index contributed by atoms with van der Waals surface area (Å²) in [5.41, 5.74) is 1.21. The van der Waals surface area contributed by atoms with Crippen LogP contribution in [-0.2, 0) is 6.42 Å². The maximum atomic E-state index is 5.41. The molecule has 3 rings (SSSR count). The van der Waals surface area contributed by atoms with E-state index in [1.54, 1.807) is 13.4 Å². The van der Waals surface area contributed by atoms with Gasteiger partial charge >= 0.3 is 0 Å². The second kappa shape index (κ2) is 9.90. The second-order valence-corrected chi connectivity index (χ2v) is 6.64. The van der Waals surface area contributed by atoms with E-state index in [2.05, 4.69) is 34.2 Å². The Kier molecular flexibility index (Phi) is 7.02. The molecule has 0 aliphatic carbocycles. The van der Waals surface area contributed by atoms with E-state index in [0.717, 1.165) is 69.6 Å². The molecule has 0 saturated carbocycles. The van der Waals surface area contributed by atoms with Crippen LogP contribution in [0.2, 0.25) is 0 Å². The lowest BCUT2D eigenvalue weighted by Crippen LogP contribution is -2.53. The Bertz CT molecular complexity index is 707. The maximum Gasteiger partial charge on any atom is 0.194 e. The van der Waals surface area contributed by atoms with Crippen LogP contribution in [0.5, 0.6) is 5.75 Å². The third-order valence-corrected chi connectivity index (χ3v) is 4.72. The number of hydrogen-bond acceptors (Lipinski definition) is 4. The number of nitrogens with zero attached hydrogens (tertiary/aromatic N) is 3. The van der Waals surface area contributed by atoms with Gasteiger partial charge < -0.3 is 24.3 Å².